The van der Waals surface area contributed by atoms with E-state index in [1.165, 1.54) is 24.0 Å². The third-order valence-electron chi connectivity index (χ3n) is 3.85. The van der Waals surface area contributed by atoms with Crippen LogP contribution < -0.4 is 0 Å². The van der Waals surface area contributed by atoms with E-state index in [2.05, 4.69) is 11.2 Å². The van der Waals surface area contributed by atoms with Crippen LogP contribution in [0.25, 0.3) is 0 Å². The Morgan fingerprint density at radius 1 is 1.29 bits per heavy atom. The van der Waals surface area contributed by atoms with E-state index in [9.17, 15) is 10.1 Å². The smallest absolute Gasteiger partial charge is 0.191 e. The molecule has 2 aliphatic carbocycles. The van der Waals surface area contributed by atoms with Crippen LogP contribution in [0.5, 0.6) is 0 Å². The van der Waals surface area contributed by atoms with Crippen LogP contribution in [0.4, 0.5) is 0 Å². The zero-order chi connectivity index (χ0) is 11.8. The highest BCUT2D eigenvalue weighted by molar-refractivity contribution is 6.03. The van der Waals surface area contributed by atoms with Crippen LogP contribution in [0.15, 0.2) is 23.3 Å². The average molecular weight is 230 g/mol. The lowest BCUT2D eigenvalue weighted by Crippen LogP contribution is -2.22. The van der Waals surface area contributed by atoms with Gasteiger partial charge in [0.2, 0.25) is 0 Å². The number of nitrogens with zero attached hydrogens (tertiary/aromatic N) is 2. The van der Waals surface area contributed by atoms with E-state index in [1.807, 2.05) is 12.1 Å². The summed E-state index contributed by atoms with van der Waals surface area (Å²) in [5, 5.41) is 13.5. The molecule has 0 saturated carbocycles. The van der Waals surface area contributed by atoms with Crippen molar-refractivity contribution in [3.05, 3.63) is 45.0 Å². The Morgan fingerprint density at radius 3 is 3.00 bits per heavy atom. The summed E-state index contributed by atoms with van der Waals surface area (Å²) in [5.74, 6) is 0.598. The van der Waals surface area contributed by atoms with Crippen LogP contribution in [0, 0.1) is 10.1 Å². The molecule has 0 aliphatic heterocycles. The Labute approximate surface area is 99.5 Å². The molecule has 0 spiro atoms. The minimum Gasteiger partial charge on any atom is -0.233 e. The summed E-state index contributed by atoms with van der Waals surface area (Å²) < 4.78 is 0. The van der Waals surface area contributed by atoms with E-state index in [1.54, 1.807) is 0 Å². The van der Waals surface area contributed by atoms with Crippen molar-refractivity contribution in [2.75, 3.05) is 0 Å². The highest BCUT2D eigenvalue weighted by Gasteiger charge is 2.30. The molecule has 1 atom stereocenters. The van der Waals surface area contributed by atoms with Gasteiger partial charge in [0.1, 0.15) is 5.71 Å². The number of hydrazone groups is 1. The van der Waals surface area contributed by atoms with Gasteiger partial charge in [-0.1, -0.05) is 18.2 Å². The fourth-order valence-corrected chi connectivity index (χ4v) is 3.18. The van der Waals surface area contributed by atoms with Crippen molar-refractivity contribution in [3.63, 3.8) is 0 Å². The van der Waals surface area contributed by atoms with Gasteiger partial charge in [0.25, 0.3) is 0 Å². The van der Waals surface area contributed by atoms with Gasteiger partial charge in [-0.15, -0.1) is 0 Å². The standard InChI is InChI=1S/C13H14N2O2/c16-15(17)14-12-8-7-10-4-1-3-9-5-2-6-11(12)13(9)10/h2,5-6,10H,1,3-4,7-8H2/b14-12-. The molecule has 1 unspecified atom stereocenters. The minimum atomic E-state index is -0.572. The van der Waals surface area contributed by atoms with E-state index in [-0.39, 0.29) is 0 Å². The Kier molecular flexibility index (Phi) is 2.42. The molecular weight excluding hydrogens is 216 g/mol. The molecule has 1 aromatic rings. The molecule has 0 radical (unpaired) electrons. The first kappa shape index (κ1) is 10.4. The first-order chi connectivity index (χ1) is 8.25. The predicted molar refractivity (Wildman–Crippen MR) is 64.9 cm³/mol. The van der Waals surface area contributed by atoms with Gasteiger partial charge in [0, 0.05) is 5.56 Å². The van der Waals surface area contributed by atoms with Gasteiger partial charge < -0.3 is 0 Å². The molecule has 17 heavy (non-hydrogen) atoms. The average Bonchev–Trinajstić information content (AvgIpc) is 2.33. The maximum absolute atomic E-state index is 10.5. The van der Waals surface area contributed by atoms with Gasteiger partial charge in [-0.05, 0) is 49.1 Å². The van der Waals surface area contributed by atoms with Gasteiger partial charge >= 0.3 is 0 Å². The topological polar surface area (TPSA) is 55.5 Å². The van der Waals surface area contributed by atoms with Crippen molar-refractivity contribution in [3.8, 4) is 0 Å². The maximum Gasteiger partial charge on any atom is 0.191 e. The number of benzene rings is 1. The number of rotatable bonds is 1. The van der Waals surface area contributed by atoms with E-state index in [0.29, 0.717) is 11.6 Å². The lowest BCUT2D eigenvalue weighted by atomic mass is 9.73. The molecule has 0 amide bonds. The van der Waals surface area contributed by atoms with Gasteiger partial charge in [0.05, 0.1) is 5.10 Å². The Hall–Kier alpha value is -1.71. The van der Waals surface area contributed by atoms with E-state index in [0.717, 1.165) is 24.8 Å². The number of hydrogen-bond acceptors (Lipinski definition) is 2. The molecule has 1 aromatic carbocycles. The lowest BCUT2D eigenvalue weighted by Gasteiger charge is -2.31. The monoisotopic (exact) mass is 230 g/mol. The van der Waals surface area contributed by atoms with Crippen molar-refractivity contribution >= 4 is 5.71 Å². The van der Waals surface area contributed by atoms with Crippen molar-refractivity contribution in [1.29, 1.82) is 0 Å². The molecule has 2 aliphatic rings. The van der Waals surface area contributed by atoms with Crippen LogP contribution in [0.1, 0.15) is 48.3 Å². The fraction of sp³-hybridized carbons (Fsp3) is 0.462. The largest absolute Gasteiger partial charge is 0.233 e. The van der Waals surface area contributed by atoms with Gasteiger partial charge in [-0.2, -0.15) is 0 Å². The molecule has 4 nitrogen and oxygen atoms in total. The molecule has 0 fully saturated rings. The lowest BCUT2D eigenvalue weighted by molar-refractivity contribution is -0.485. The predicted octanol–water partition coefficient (Wildman–Crippen LogP) is 2.88. The third-order valence-corrected chi connectivity index (χ3v) is 3.85. The van der Waals surface area contributed by atoms with Crippen LogP contribution in [0.2, 0.25) is 0 Å². The van der Waals surface area contributed by atoms with E-state index >= 15 is 0 Å². The summed E-state index contributed by atoms with van der Waals surface area (Å²) in [7, 11) is 0. The van der Waals surface area contributed by atoms with Gasteiger partial charge in [-0.25, -0.2) is 10.1 Å². The summed E-state index contributed by atoms with van der Waals surface area (Å²) in [4.78, 5) is 10.5. The van der Waals surface area contributed by atoms with Crippen LogP contribution in [-0.2, 0) is 6.42 Å². The Balaban J connectivity index is 2.15. The zero-order valence-corrected chi connectivity index (χ0v) is 9.56. The number of aryl methyl sites for hydroxylation is 1. The Morgan fingerprint density at radius 2 is 2.18 bits per heavy atom. The molecule has 0 aromatic heterocycles. The number of hydrogen-bond donors (Lipinski definition) is 0. The highest BCUT2D eigenvalue weighted by atomic mass is 16.7. The summed E-state index contributed by atoms with van der Waals surface area (Å²) in [6, 6.07) is 6.13. The maximum atomic E-state index is 10.5. The van der Waals surface area contributed by atoms with Gasteiger partial charge in [0.15, 0.2) is 5.03 Å². The first-order valence-corrected chi connectivity index (χ1v) is 6.10. The van der Waals surface area contributed by atoms with Crippen molar-refractivity contribution in [2.24, 2.45) is 5.10 Å². The molecule has 4 heteroatoms. The molecule has 3 rings (SSSR count). The van der Waals surface area contributed by atoms with Crippen molar-refractivity contribution < 1.29 is 5.03 Å². The van der Waals surface area contributed by atoms with Crippen LogP contribution in [0.3, 0.4) is 0 Å². The second-order valence-corrected chi connectivity index (χ2v) is 4.79. The van der Waals surface area contributed by atoms with Crippen molar-refractivity contribution in [2.45, 2.75) is 38.0 Å². The summed E-state index contributed by atoms with van der Waals surface area (Å²) in [5.41, 5.74) is 4.39. The zero-order valence-electron chi connectivity index (χ0n) is 9.56. The molecule has 0 bridgehead atoms. The van der Waals surface area contributed by atoms with Crippen LogP contribution >= 0.6 is 0 Å². The first-order valence-electron chi connectivity index (χ1n) is 6.10. The quantitative estimate of drug-likeness (QED) is 0.550. The SMILES string of the molecule is O=[N+]([O-])/N=C1/CCC2CCCc3cccc1c32. The second-order valence-electron chi connectivity index (χ2n) is 4.79. The molecule has 0 N–H and O–H groups in total. The normalized spacial score (nSPS) is 24.5. The van der Waals surface area contributed by atoms with Crippen molar-refractivity contribution in [1.82, 2.24) is 0 Å². The summed E-state index contributed by atoms with van der Waals surface area (Å²) in [6.07, 6.45) is 5.31. The van der Waals surface area contributed by atoms with E-state index in [4.69, 9.17) is 0 Å². The second kappa shape index (κ2) is 3.95. The highest BCUT2D eigenvalue weighted by Crippen LogP contribution is 2.41. The molecule has 88 valence electrons. The van der Waals surface area contributed by atoms with E-state index < -0.39 is 5.03 Å². The van der Waals surface area contributed by atoms with Crippen LogP contribution in [-0.4, -0.2) is 10.7 Å². The molecular formula is C13H14N2O2. The van der Waals surface area contributed by atoms with Gasteiger partial charge in [-0.3, -0.25) is 0 Å². The Bertz CT molecular complexity index is 508. The fourth-order valence-electron chi connectivity index (χ4n) is 3.18. The molecule has 0 heterocycles. The summed E-state index contributed by atoms with van der Waals surface area (Å²) >= 11 is 0. The summed E-state index contributed by atoms with van der Waals surface area (Å²) in [6.45, 7) is 0. The number of nitro groups is 1. The molecule has 0 saturated heterocycles. The third kappa shape index (κ3) is 1.73. The minimum absolute atomic E-state index is 0.572.